The first-order valence-corrected chi connectivity index (χ1v) is 4.80. The van der Waals surface area contributed by atoms with Crippen LogP contribution in [-0.2, 0) is 0 Å². The average Bonchev–Trinajstić information content (AvgIpc) is 2.17. The molecule has 0 aromatic heterocycles. The Bertz CT molecular complexity index is 194. The SMILES string of the molecule is N#CC1CCCC2NCCCN12. The van der Waals surface area contributed by atoms with E-state index in [1.165, 1.54) is 19.3 Å². The first kappa shape index (κ1) is 8.03. The Morgan fingerprint density at radius 1 is 1.33 bits per heavy atom. The van der Waals surface area contributed by atoms with Crippen molar-refractivity contribution in [3.05, 3.63) is 0 Å². The van der Waals surface area contributed by atoms with Crippen LogP contribution in [0.3, 0.4) is 0 Å². The largest absolute Gasteiger partial charge is 0.302 e. The number of nitrogens with zero attached hydrogens (tertiary/aromatic N) is 2. The standard InChI is InChI=1S/C9H15N3/c10-7-8-3-1-4-9-11-5-2-6-12(8)9/h8-9,11H,1-6H2. The fraction of sp³-hybridized carbons (Fsp3) is 0.889. The zero-order valence-corrected chi connectivity index (χ0v) is 7.29. The molecule has 66 valence electrons. The van der Waals surface area contributed by atoms with E-state index in [-0.39, 0.29) is 6.04 Å². The van der Waals surface area contributed by atoms with Gasteiger partial charge in [-0.3, -0.25) is 4.90 Å². The second-order valence-electron chi connectivity index (χ2n) is 3.64. The van der Waals surface area contributed by atoms with Crippen LogP contribution in [0, 0.1) is 11.3 Å². The zero-order chi connectivity index (χ0) is 8.39. The molecule has 3 nitrogen and oxygen atoms in total. The van der Waals surface area contributed by atoms with Gasteiger partial charge in [-0.1, -0.05) is 0 Å². The minimum absolute atomic E-state index is 0.177. The molecule has 2 rings (SSSR count). The second-order valence-corrected chi connectivity index (χ2v) is 3.64. The summed E-state index contributed by atoms with van der Waals surface area (Å²) in [6.45, 7) is 2.23. The van der Waals surface area contributed by atoms with Crippen molar-refractivity contribution < 1.29 is 0 Å². The molecule has 0 aromatic carbocycles. The highest BCUT2D eigenvalue weighted by Gasteiger charge is 2.31. The number of piperidine rings is 1. The summed E-state index contributed by atoms with van der Waals surface area (Å²) in [5.74, 6) is 0. The van der Waals surface area contributed by atoms with Crippen LogP contribution in [0.15, 0.2) is 0 Å². The van der Waals surface area contributed by atoms with E-state index in [0.29, 0.717) is 6.17 Å². The third-order valence-corrected chi connectivity index (χ3v) is 2.88. The smallest absolute Gasteiger partial charge is 0.0990 e. The Morgan fingerprint density at radius 2 is 2.25 bits per heavy atom. The predicted molar refractivity (Wildman–Crippen MR) is 46.4 cm³/mol. The zero-order valence-electron chi connectivity index (χ0n) is 7.29. The van der Waals surface area contributed by atoms with Crippen molar-refractivity contribution in [2.45, 2.75) is 37.9 Å². The number of hydrogen-bond acceptors (Lipinski definition) is 3. The molecule has 0 aromatic rings. The van der Waals surface area contributed by atoms with Crippen molar-refractivity contribution >= 4 is 0 Å². The fourth-order valence-corrected chi connectivity index (χ4v) is 2.25. The number of hydrogen-bond donors (Lipinski definition) is 1. The third-order valence-electron chi connectivity index (χ3n) is 2.88. The van der Waals surface area contributed by atoms with E-state index >= 15 is 0 Å². The Labute approximate surface area is 73.3 Å². The lowest BCUT2D eigenvalue weighted by atomic mass is 9.98. The van der Waals surface area contributed by atoms with Crippen molar-refractivity contribution in [2.75, 3.05) is 13.1 Å². The topological polar surface area (TPSA) is 39.1 Å². The quantitative estimate of drug-likeness (QED) is 0.574. The van der Waals surface area contributed by atoms with Gasteiger partial charge in [0.05, 0.1) is 18.3 Å². The van der Waals surface area contributed by atoms with Crippen molar-refractivity contribution in [3.63, 3.8) is 0 Å². The lowest BCUT2D eigenvalue weighted by Crippen LogP contribution is -2.57. The molecule has 2 atom stereocenters. The number of rotatable bonds is 0. The second kappa shape index (κ2) is 3.42. The third kappa shape index (κ3) is 1.33. The molecule has 0 aliphatic carbocycles. The van der Waals surface area contributed by atoms with Gasteiger partial charge in [0.25, 0.3) is 0 Å². The van der Waals surface area contributed by atoms with Gasteiger partial charge in [-0.15, -0.1) is 0 Å². The van der Waals surface area contributed by atoms with Crippen molar-refractivity contribution in [1.82, 2.24) is 10.2 Å². The molecule has 3 heteroatoms. The molecule has 2 heterocycles. The Morgan fingerprint density at radius 3 is 3.08 bits per heavy atom. The van der Waals surface area contributed by atoms with Gasteiger partial charge in [0.15, 0.2) is 0 Å². The van der Waals surface area contributed by atoms with E-state index in [2.05, 4.69) is 16.3 Å². The molecular weight excluding hydrogens is 150 g/mol. The van der Waals surface area contributed by atoms with Gasteiger partial charge in [-0.25, -0.2) is 0 Å². The molecule has 1 N–H and O–H groups in total. The van der Waals surface area contributed by atoms with E-state index in [1.807, 2.05) is 0 Å². The first-order chi connectivity index (χ1) is 5.92. The predicted octanol–water partition coefficient (Wildman–Crippen LogP) is 0.684. The van der Waals surface area contributed by atoms with Crippen LogP contribution in [-0.4, -0.2) is 30.2 Å². The molecule has 2 aliphatic rings. The van der Waals surface area contributed by atoms with Crippen LogP contribution < -0.4 is 5.32 Å². The highest BCUT2D eigenvalue weighted by molar-refractivity contribution is 4.98. The minimum Gasteiger partial charge on any atom is -0.302 e. The molecule has 0 amide bonds. The van der Waals surface area contributed by atoms with E-state index in [4.69, 9.17) is 5.26 Å². The normalized spacial score (nSPS) is 36.9. The van der Waals surface area contributed by atoms with Gasteiger partial charge in [0, 0.05) is 6.54 Å². The molecule has 0 saturated carbocycles. The Kier molecular flexibility index (Phi) is 2.29. The number of fused-ring (bicyclic) bond motifs is 1. The molecule has 2 saturated heterocycles. The molecule has 12 heavy (non-hydrogen) atoms. The minimum atomic E-state index is 0.177. The lowest BCUT2D eigenvalue weighted by molar-refractivity contribution is 0.0634. The first-order valence-electron chi connectivity index (χ1n) is 4.80. The Balaban J connectivity index is 2.05. The van der Waals surface area contributed by atoms with E-state index in [9.17, 15) is 0 Å². The molecule has 2 unspecified atom stereocenters. The highest BCUT2D eigenvalue weighted by Crippen LogP contribution is 2.22. The van der Waals surface area contributed by atoms with E-state index in [1.54, 1.807) is 0 Å². The summed E-state index contributed by atoms with van der Waals surface area (Å²) in [6.07, 6.45) is 5.17. The fourth-order valence-electron chi connectivity index (χ4n) is 2.25. The molecule has 0 radical (unpaired) electrons. The maximum atomic E-state index is 8.91. The molecule has 2 aliphatic heterocycles. The summed E-state index contributed by atoms with van der Waals surface area (Å²) < 4.78 is 0. The van der Waals surface area contributed by atoms with Crippen LogP contribution in [0.4, 0.5) is 0 Å². The summed E-state index contributed by atoms with van der Waals surface area (Å²) in [7, 11) is 0. The van der Waals surface area contributed by atoms with Crippen LogP contribution >= 0.6 is 0 Å². The van der Waals surface area contributed by atoms with Gasteiger partial charge < -0.3 is 5.32 Å². The van der Waals surface area contributed by atoms with Gasteiger partial charge >= 0.3 is 0 Å². The van der Waals surface area contributed by atoms with Crippen LogP contribution in [0.1, 0.15) is 25.7 Å². The van der Waals surface area contributed by atoms with Crippen LogP contribution in [0.25, 0.3) is 0 Å². The summed E-state index contributed by atoms with van der Waals surface area (Å²) >= 11 is 0. The van der Waals surface area contributed by atoms with E-state index in [0.717, 1.165) is 19.5 Å². The van der Waals surface area contributed by atoms with Crippen molar-refractivity contribution in [3.8, 4) is 6.07 Å². The highest BCUT2D eigenvalue weighted by atomic mass is 15.3. The van der Waals surface area contributed by atoms with Gasteiger partial charge in [0.2, 0.25) is 0 Å². The monoisotopic (exact) mass is 165 g/mol. The van der Waals surface area contributed by atoms with Gasteiger partial charge in [-0.05, 0) is 32.2 Å². The Hall–Kier alpha value is -0.590. The van der Waals surface area contributed by atoms with Crippen molar-refractivity contribution in [1.29, 1.82) is 5.26 Å². The molecule has 0 bridgehead atoms. The number of nitrogens with one attached hydrogen (secondary N) is 1. The molecule has 2 fully saturated rings. The van der Waals surface area contributed by atoms with Gasteiger partial charge in [-0.2, -0.15) is 5.26 Å². The summed E-state index contributed by atoms with van der Waals surface area (Å²) in [4.78, 5) is 2.33. The maximum absolute atomic E-state index is 8.91. The van der Waals surface area contributed by atoms with Crippen LogP contribution in [0.2, 0.25) is 0 Å². The average molecular weight is 165 g/mol. The van der Waals surface area contributed by atoms with Crippen molar-refractivity contribution in [2.24, 2.45) is 0 Å². The summed E-state index contributed by atoms with van der Waals surface area (Å²) in [6, 6.07) is 2.57. The summed E-state index contributed by atoms with van der Waals surface area (Å²) in [5, 5.41) is 12.4. The van der Waals surface area contributed by atoms with E-state index < -0.39 is 0 Å². The summed E-state index contributed by atoms with van der Waals surface area (Å²) in [5.41, 5.74) is 0. The van der Waals surface area contributed by atoms with Crippen LogP contribution in [0.5, 0.6) is 0 Å². The maximum Gasteiger partial charge on any atom is 0.0990 e. The molecular formula is C9H15N3. The lowest BCUT2D eigenvalue weighted by Gasteiger charge is -2.42. The number of nitriles is 1. The molecule has 0 spiro atoms. The van der Waals surface area contributed by atoms with Gasteiger partial charge in [0.1, 0.15) is 0 Å².